The smallest absolute Gasteiger partial charge is 0.258 e. The quantitative estimate of drug-likeness (QED) is 0.587. The zero-order valence-electron chi connectivity index (χ0n) is 19.5. The Balaban J connectivity index is 1.25. The molecule has 3 aromatic rings. The van der Waals surface area contributed by atoms with Gasteiger partial charge >= 0.3 is 0 Å². The summed E-state index contributed by atoms with van der Waals surface area (Å²) in [6.45, 7) is 1.75. The second kappa shape index (κ2) is 9.26. The van der Waals surface area contributed by atoms with Crippen LogP contribution in [0.4, 0.5) is 27.1 Å². The molecule has 0 spiro atoms. The van der Waals surface area contributed by atoms with Gasteiger partial charge in [-0.15, -0.1) is 0 Å². The summed E-state index contributed by atoms with van der Waals surface area (Å²) in [5, 5.41) is 5.52. The zero-order chi connectivity index (χ0) is 25.4. The van der Waals surface area contributed by atoms with Gasteiger partial charge in [0, 0.05) is 24.2 Å². The molecular formula is C27H23FN4O4. The maximum atomic E-state index is 14.3. The second-order valence-corrected chi connectivity index (χ2v) is 8.88. The van der Waals surface area contributed by atoms with E-state index in [2.05, 4.69) is 10.6 Å². The van der Waals surface area contributed by atoms with E-state index < -0.39 is 11.7 Å². The molecule has 0 aliphatic carbocycles. The molecule has 5 rings (SSSR count). The summed E-state index contributed by atoms with van der Waals surface area (Å²) in [5.74, 6) is -2.44. The van der Waals surface area contributed by atoms with Gasteiger partial charge in [-0.05, 0) is 61.0 Å². The van der Waals surface area contributed by atoms with E-state index in [0.29, 0.717) is 22.6 Å². The highest BCUT2D eigenvalue weighted by Gasteiger charge is 2.36. The lowest BCUT2D eigenvalue weighted by Gasteiger charge is -2.29. The van der Waals surface area contributed by atoms with Crippen LogP contribution in [0, 0.1) is 18.7 Å². The predicted molar refractivity (Wildman–Crippen MR) is 133 cm³/mol. The first kappa shape index (κ1) is 23.2. The van der Waals surface area contributed by atoms with Crippen molar-refractivity contribution in [3.63, 3.8) is 0 Å². The van der Waals surface area contributed by atoms with Crippen LogP contribution >= 0.6 is 0 Å². The number of anilines is 4. The number of para-hydroxylation sites is 2. The number of hydrogen-bond donors (Lipinski definition) is 2. The van der Waals surface area contributed by atoms with Crippen molar-refractivity contribution in [2.75, 3.05) is 33.5 Å². The van der Waals surface area contributed by atoms with E-state index in [4.69, 9.17) is 0 Å². The Kier molecular flexibility index (Phi) is 5.97. The lowest BCUT2D eigenvalue weighted by Crippen LogP contribution is -2.42. The fraction of sp³-hybridized carbons (Fsp3) is 0.185. The van der Waals surface area contributed by atoms with E-state index in [1.54, 1.807) is 67.6 Å². The number of nitrogens with zero attached hydrogens (tertiary/aromatic N) is 2. The van der Waals surface area contributed by atoms with Crippen LogP contribution in [-0.4, -0.2) is 36.7 Å². The van der Waals surface area contributed by atoms with E-state index in [0.717, 1.165) is 5.56 Å². The van der Waals surface area contributed by atoms with Gasteiger partial charge in [-0.3, -0.25) is 24.1 Å². The normalized spacial score (nSPS) is 17.0. The summed E-state index contributed by atoms with van der Waals surface area (Å²) in [6, 6.07) is 18.0. The number of nitrogens with one attached hydrogen (secondary N) is 2. The van der Waals surface area contributed by atoms with Crippen LogP contribution < -0.4 is 20.4 Å². The summed E-state index contributed by atoms with van der Waals surface area (Å²) in [6.07, 6.45) is -0.0217. The van der Waals surface area contributed by atoms with Crippen LogP contribution in [-0.2, 0) is 14.4 Å². The van der Waals surface area contributed by atoms with Crippen LogP contribution in [0.25, 0.3) is 0 Å². The van der Waals surface area contributed by atoms with E-state index >= 15 is 0 Å². The number of carbonyl (C=O) groups excluding carboxylic acids is 4. The standard InChI is InChI=1S/C27H23FN4O4/c1-16-6-11-22(20(28)12-16)31-14-18(13-25(31)34)26(35)29-19-9-7-17(8-10-19)27(36)32-15-24(33)30-21-4-2-3-5-23(21)32/h2-12,18H,13-15H2,1H3,(H,29,35)(H,30,33). The number of amides is 4. The molecule has 2 aliphatic heterocycles. The Morgan fingerprint density at radius 3 is 2.50 bits per heavy atom. The fourth-order valence-electron chi connectivity index (χ4n) is 4.46. The monoisotopic (exact) mass is 486 g/mol. The Bertz CT molecular complexity index is 1390. The first-order valence-electron chi connectivity index (χ1n) is 11.5. The molecule has 2 aliphatic rings. The molecule has 8 nitrogen and oxygen atoms in total. The molecule has 1 saturated heterocycles. The molecule has 0 aromatic heterocycles. The Labute approximate surface area is 206 Å². The number of halogens is 1. The van der Waals surface area contributed by atoms with Crippen molar-refractivity contribution in [3.8, 4) is 0 Å². The van der Waals surface area contributed by atoms with Gasteiger partial charge in [0.25, 0.3) is 5.91 Å². The molecule has 2 N–H and O–H groups in total. The molecule has 182 valence electrons. The maximum absolute atomic E-state index is 14.3. The van der Waals surface area contributed by atoms with Gasteiger partial charge < -0.3 is 15.5 Å². The maximum Gasteiger partial charge on any atom is 0.258 e. The van der Waals surface area contributed by atoms with Gasteiger partial charge in [-0.1, -0.05) is 18.2 Å². The third-order valence-electron chi connectivity index (χ3n) is 6.30. The zero-order valence-corrected chi connectivity index (χ0v) is 19.5. The van der Waals surface area contributed by atoms with Crippen LogP contribution in [0.15, 0.2) is 66.7 Å². The Morgan fingerprint density at radius 2 is 1.75 bits per heavy atom. The van der Waals surface area contributed by atoms with Gasteiger partial charge in [0.2, 0.25) is 17.7 Å². The van der Waals surface area contributed by atoms with E-state index in [1.807, 2.05) is 0 Å². The third kappa shape index (κ3) is 4.43. The van der Waals surface area contributed by atoms with Crippen molar-refractivity contribution in [2.45, 2.75) is 13.3 Å². The molecule has 9 heteroatoms. The van der Waals surface area contributed by atoms with Crippen LogP contribution in [0.3, 0.4) is 0 Å². The minimum absolute atomic E-state index is 0.0217. The van der Waals surface area contributed by atoms with Gasteiger partial charge in [0.15, 0.2) is 0 Å². The highest BCUT2D eigenvalue weighted by atomic mass is 19.1. The Hall–Kier alpha value is -4.53. The summed E-state index contributed by atoms with van der Waals surface area (Å²) in [7, 11) is 0. The number of rotatable bonds is 4. The number of aryl methyl sites for hydroxylation is 1. The molecule has 2 heterocycles. The molecule has 4 amide bonds. The molecule has 1 atom stereocenters. The Morgan fingerprint density at radius 1 is 1.00 bits per heavy atom. The molecule has 36 heavy (non-hydrogen) atoms. The number of carbonyl (C=O) groups is 4. The van der Waals surface area contributed by atoms with Crippen molar-refractivity contribution in [1.29, 1.82) is 0 Å². The lowest BCUT2D eigenvalue weighted by molar-refractivity contribution is -0.122. The number of fused-ring (bicyclic) bond motifs is 1. The SMILES string of the molecule is Cc1ccc(N2CC(C(=O)Nc3ccc(C(=O)N4CC(=O)Nc5ccccc54)cc3)CC2=O)c(F)c1. The summed E-state index contributed by atoms with van der Waals surface area (Å²) < 4.78 is 14.3. The van der Waals surface area contributed by atoms with Crippen LogP contribution in [0.1, 0.15) is 22.3 Å². The lowest BCUT2D eigenvalue weighted by atomic mass is 10.1. The second-order valence-electron chi connectivity index (χ2n) is 8.88. The van der Waals surface area contributed by atoms with E-state index in [-0.39, 0.29) is 48.8 Å². The molecule has 0 bridgehead atoms. The van der Waals surface area contributed by atoms with Crippen molar-refractivity contribution in [2.24, 2.45) is 5.92 Å². The highest BCUT2D eigenvalue weighted by molar-refractivity contribution is 6.15. The highest BCUT2D eigenvalue weighted by Crippen LogP contribution is 2.31. The van der Waals surface area contributed by atoms with E-state index in [1.165, 1.54) is 15.9 Å². The minimum atomic E-state index is -0.636. The minimum Gasteiger partial charge on any atom is -0.326 e. The first-order chi connectivity index (χ1) is 17.3. The topological polar surface area (TPSA) is 98.8 Å². The van der Waals surface area contributed by atoms with Crippen molar-refractivity contribution in [3.05, 3.63) is 83.7 Å². The number of hydrogen-bond acceptors (Lipinski definition) is 4. The van der Waals surface area contributed by atoms with Crippen LogP contribution in [0.5, 0.6) is 0 Å². The fourth-order valence-corrected chi connectivity index (χ4v) is 4.46. The summed E-state index contributed by atoms with van der Waals surface area (Å²) >= 11 is 0. The van der Waals surface area contributed by atoms with Crippen molar-refractivity contribution >= 4 is 46.4 Å². The van der Waals surface area contributed by atoms with Crippen LogP contribution in [0.2, 0.25) is 0 Å². The first-order valence-corrected chi connectivity index (χ1v) is 11.5. The predicted octanol–water partition coefficient (Wildman–Crippen LogP) is 3.72. The van der Waals surface area contributed by atoms with Gasteiger partial charge in [0.1, 0.15) is 12.4 Å². The van der Waals surface area contributed by atoms with Crippen molar-refractivity contribution < 1.29 is 23.6 Å². The van der Waals surface area contributed by atoms with E-state index in [9.17, 15) is 23.6 Å². The average molecular weight is 487 g/mol. The largest absolute Gasteiger partial charge is 0.326 e. The van der Waals surface area contributed by atoms with Crippen molar-refractivity contribution in [1.82, 2.24) is 0 Å². The number of benzene rings is 3. The summed E-state index contributed by atoms with van der Waals surface area (Å²) in [4.78, 5) is 53.1. The molecule has 1 fully saturated rings. The molecule has 0 saturated carbocycles. The molecule has 0 radical (unpaired) electrons. The molecule has 3 aromatic carbocycles. The molecule has 1 unspecified atom stereocenters. The van der Waals surface area contributed by atoms with Gasteiger partial charge in [-0.2, -0.15) is 0 Å². The van der Waals surface area contributed by atoms with Gasteiger partial charge in [-0.25, -0.2) is 4.39 Å². The van der Waals surface area contributed by atoms with Gasteiger partial charge in [0.05, 0.1) is 23.0 Å². The third-order valence-corrected chi connectivity index (χ3v) is 6.30. The average Bonchev–Trinajstić information content (AvgIpc) is 3.25. The molecular weight excluding hydrogens is 463 g/mol. The summed E-state index contributed by atoms with van der Waals surface area (Å²) in [5.41, 5.74) is 2.90.